The van der Waals surface area contributed by atoms with E-state index in [9.17, 15) is 33.6 Å². The lowest BCUT2D eigenvalue weighted by Gasteiger charge is -2.24. The van der Waals surface area contributed by atoms with Crippen LogP contribution in [0.4, 0.5) is 0 Å². The van der Waals surface area contributed by atoms with Gasteiger partial charge in [-0.2, -0.15) is 12.6 Å². The van der Waals surface area contributed by atoms with Gasteiger partial charge in [-0.25, -0.2) is 4.79 Å². The van der Waals surface area contributed by atoms with Gasteiger partial charge >= 0.3 is 5.97 Å². The Hall–Kier alpha value is -3.40. The van der Waals surface area contributed by atoms with Crippen LogP contribution < -0.4 is 38.9 Å². The Balaban J connectivity index is 5.31. The van der Waals surface area contributed by atoms with E-state index in [0.29, 0.717) is 0 Å². The van der Waals surface area contributed by atoms with Crippen molar-refractivity contribution in [3.05, 3.63) is 0 Å². The molecule has 0 radical (unpaired) electrons. The van der Waals surface area contributed by atoms with Crippen molar-refractivity contribution in [2.45, 2.75) is 56.3 Å². The minimum atomic E-state index is -1.64. The van der Waals surface area contributed by atoms with E-state index >= 15 is 0 Å². The first-order valence-electron chi connectivity index (χ1n) is 9.63. The molecule has 15 nitrogen and oxygen atoms in total. The van der Waals surface area contributed by atoms with E-state index in [1.165, 1.54) is 0 Å². The summed E-state index contributed by atoms with van der Waals surface area (Å²) >= 11 is 3.94. The first kappa shape index (κ1) is 29.6. The van der Waals surface area contributed by atoms with Crippen LogP contribution in [-0.2, 0) is 33.6 Å². The fraction of sp³-hybridized carbons (Fsp3) is 0.588. The lowest BCUT2D eigenvalue weighted by atomic mass is 10.1. The highest BCUT2D eigenvalue weighted by atomic mass is 32.1. The number of amides is 6. The Kier molecular flexibility index (Phi) is 13.1. The molecule has 4 unspecified atom stereocenters. The van der Waals surface area contributed by atoms with Gasteiger partial charge in [-0.1, -0.05) is 0 Å². The molecule has 0 aliphatic heterocycles. The van der Waals surface area contributed by atoms with Crippen LogP contribution in [-0.4, -0.2) is 76.4 Å². The molecule has 6 amide bonds. The predicted molar refractivity (Wildman–Crippen MR) is 116 cm³/mol. The number of carbonyl (C=O) groups is 7. The van der Waals surface area contributed by atoms with Gasteiger partial charge in [-0.15, -0.1) is 0 Å². The standard InChI is InChI=1S/C17H29N7O8S/c18-7(1-3-11(19)25)14(28)22-8(2-4-12(20)26)15(29)24-10(6-33)16(30)23-9(17(31)32)5-13(21)27/h7-10,33H,1-6,18H2,(H2,19,25)(H2,20,26)(H2,21,27)(H,22,28)(H,23,30)(H,24,29)(H,31,32). The number of hydrogen-bond donors (Lipinski definition) is 9. The van der Waals surface area contributed by atoms with Crippen molar-refractivity contribution in [3.8, 4) is 0 Å². The third-order valence-corrected chi connectivity index (χ3v) is 4.55. The second kappa shape index (κ2) is 14.6. The molecule has 0 aromatic rings. The maximum atomic E-state index is 12.7. The summed E-state index contributed by atoms with van der Waals surface area (Å²) in [6.07, 6.45) is -1.50. The van der Waals surface area contributed by atoms with E-state index in [1.54, 1.807) is 0 Å². The van der Waals surface area contributed by atoms with Crippen molar-refractivity contribution in [2.75, 3.05) is 5.75 Å². The molecule has 12 N–H and O–H groups in total. The number of nitrogens with two attached hydrogens (primary N) is 4. The summed E-state index contributed by atoms with van der Waals surface area (Å²) in [4.78, 5) is 81.4. The minimum Gasteiger partial charge on any atom is -0.480 e. The molecular formula is C17H29N7O8S. The molecule has 0 spiro atoms. The number of thiol groups is 1. The average molecular weight is 492 g/mol. The zero-order chi connectivity index (χ0) is 25.7. The summed E-state index contributed by atoms with van der Waals surface area (Å²) in [6, 6.07) is -5.54. The van der Waals surface area contributed by atoms with Crippen molar-refractivity contribution in [3.63, 3.8) is 0 Å². The van der Waals surface area contributed by atoms with E-state index in [-0.39, 0.29) is 31.4 Å². The van der Waals surface area contributed by atoms with E-state index in [2.05, 4.69) is 28.6 Å². The lowest BCUT2D eigenvalue weighted by molar-refractivity contribution is -0.143. The van der Waals surface area contributed by atoms with Crippen molar-refractivity contribution >= 4 is 54.0 Å². The summed E-state index contributed by atoms with van der Waals surface area (Å²) in [6.45, 7) is 0. The second-order valence-electron chi connectivity index (χ2n) is 6.99. The minimum absolute atomic E-state index is 0.0938. The highest BCUT2D eigenvalue weighted by molar-refractivity contribution is 7.80. The fourth-order valence-corrected chi connectivity index (χ4v) is 2.66. The molecule has 186 valence electrons. The molecule has 0 aliphatic rings. The first-order valence-corrected chi connectivity index (χ1v) is 10.3. The summed E-state index contributed by atoms with van der Waals surface area (Å²) in [5.74, 6) is -6.94. The molecule has 0 saturated heterocycles. The Morgan fingerprint density at radius 1 is 0.697 bits per heavy atom. The topological polar surface area (TPSA) is 280 Å². The van der Waals surface area contributed by atoms with Crippen LogP contribution in [0.1, 0.15) is 32.1 Å². The van der Waals surface area contributed by atoms with Gasteiger partial charge < -0.3 is 44.0 Å². The summed E-state index contributed by atoms with van der Waals surface area (Å²) in [7, 11) is 0. The van der Waals surface area contributed by atoms with Crippen LogP contribution in [0.25, 0.3) is 0 Å². The summed E-state index contributed by atoms with van der Waals surface area (Å²) < 4.78 is 0. The van der Waals surface area contributed by atoms with Gasteiger partial charge in [0.2, 0.25) is 35.4 Å². The van der Waals surface area contributed by atoms with Gasteiger partial charge in [0.25, 0.3) is 0 Å². The third-order valence-electron chi connectivity index (χ3n) is 4.19. The molecule has 4 atom stereocenters. The number of aliphatic carboxylic acids is 1. The van der Waals surface area contributed by atoms with Crippen molar-refractivity contribution in [2.24, 2.45) is 22.9 Å². The van der Waals surface area contributed by atoms with Crippen LogP contribution >= 0.6 is 12.6 Å². The van der Waals surface area contributed by atoms with Gasteiger partial charge in [0.05, 0.1) is 12.5 Å². The number of nitrogens with one attached hydrogen (secondary N) is 3. The predicted octanol–water partition coefficient (Wildman–Crippen LogP) is -4.81. The third kappa shape index (κ3) is 12.3. The first-order chi connectivity index (χ1) is 15.3. The molecule has 0 rings (SSSR count). The van der Waals surface area contributed by atoms with Gasteiger partial charge in [-0.05, 0) is 12.8 Å². The Morgan fingerprint density at radius 3 is 1.61 bits per heavy atom. The van der Waals surface area contributed by atoms with Crippen LogP contribution in [0.5, 0.6) is 0 Å². The van der Waals surface area contributed by atoms with E-state index in [1.807, 2.05) is 0 Å². The van der Waals surface area contributed by atoms with Gasteiger partial charge in [0.1, 0.15) is 18.1 Å². The van der Waals surface area contributed by atoms with Crippen molar-refractivity contribution < 1.29 is 38.7 Å². The number of hydrogen-bond acceptors (Lipinski definition) is 9. The van der Waals surface area contributed by atoms with Crippen LogP contribution in [0.3, 0.4) is 0 Å². The highest BCUT2D eigenvalue weighted by Gasteiger charge is 2.30. The largest absolute Gasteiger partial charge is 0.480 e. The number of carboxylic acid groups (broad SMARTS) is 1. The van der Waals surface area contributed by atoms with E-state index < -0.39 is 72.0 Å². The Bertz CT molecular complexity index is 778. The van der Waals surface area contributed by atoms with Crippen molar-refractivity contribution in [1.29, 1.82) is 0 Å². The molecule has 0 aromatic heterocycles. The lowest BCUT2D eigenvalue weighted by Crippen LogP contribution is -2.58. The quantitative estimate of drug-likeness (QED) is 0.0935. The second-order valence-corrected chi connectivity index (χ2v) is 7.36. The Morgan fingerprint density at radius 2 is 1.15 bits per heavy atom. The molecule has 0 fully saturated rings. The average Bonchev–Trinajstić information content (AvgIpc) is 2.71. The fourth-order valence-electron chi connectivity index (χ4n) is 2.40. The molecule has 0 saturated carbocycles. The van der Waals surface area contributed by atoms with Crippen LogP contribution in [0.15, 0.2) is 0 Å². The zero-order valence-electron chi connectivity index (χ0n) is 17.6. The van der Waals surface area contributed by atoms with E-state index in [0.717, 1.165) is 0 Å². The highest BCUT2D eigenvalue weighted by Crippen LogP contribution is 2.03. The monoisotopic (exact) mass is 491 g/mol. The van der Waals surface area contributed by atoms with Gasteiger partial charge in [-0.3, -0.25) is 28.8 Å². The summed E-state index contributed by atoms with van der Waals surface area (Å²) in [5, 5.41) is 15.7. The maximum Gasteiger partial charge on any atom is 0.326 e. The zero-order valence-corrected chi connectivity index (χ0v) is 18.5. The van der Waals surface area contributed by atoms with Crippen LogP contribution in [0.2, 0.25) is 0 Å². The molecule has 16 heteroatoms. The van der Waals surface area contributed by atoms with E-state index in [4.69, 9.17) is 28.0 Å². The van der Waals surface area contributed by atoms with Gasteiger partial charge in [0, 0.05) is 18.6 Å². The molecule has 0 aromatic carbocycles. The van der Waals surface area contributed by atoms with Crippen molar-refractivity contribution in [1.82, 2.24) is 16.0 Å². The van der Waals surface area contributed by atoms with Crippen LogP contribution in [0, 0.1) is 0 Å². The smallest absolute Gasteiger partial charge is 0.326 e. The molecule has 0 bridgehead atoms. The molecular weight excluding hydrogens is 462 g/mol. The Labute approximate surface area is 194 Å². The summed E-state index contributed by atoms with van der Waals surface area (Å²) in [5.41, 5.74) is 20.7. The normalized spacial score (nSPS) is 14.1. The maximum absolute atomic E-state index is 12.7. The SMILES string of the molecule is NC(=O)CCC(N)C(=O)NC(CCC(N)=O)C(=O)NC(CS)C(=O)NC(CC(N)=O)C(=O)O. The van der Waals surface area contributed by atoms with Gasteiger partial charge in [0.15, 0.2) is 0 Å². The molecule has 0 heterocycles. The number of carbonyl (C=O) groups excluding carboxylic acids is 6. The number of primary amides is 3. The number of carboxylic acids is 1. The molecule has 0 aliphatic carbocycles. The molecule has 33 heavy (non-hydrogen) atoms. The number of rotatable bonds is 16.